The van der Waals surface area contributed by atoms with Gasteiger partial charge in [0.1, 0.15) is 5.82 Å². The maximum atomic E-state index is 11.3. The van der Waals surface area contributed by atoms with Crippen LogP contribution in [0.3, 0.4) is 0 Å². The van der Waals surface area contributed by atoms with E-state index in [4.69, 9.17) is 0 Å². The minimum absolute atomic E-state index is 0.0448. The Morgan fingerprint density at radius 2 is 2.50 bits per heavy atom. The zero-order valence-electron chi connectivity index (χ0n) is 9.39. The van der Waals surface area contributed by atoms with Gasteiger partial charge in [-0.2, -0.15) is 0 Å². The number of pyridine rings is 1. The van der Waals surface area contributed by atoms with Crippen molar-refractivity contribution in [1.82, 2.24) is 4.98 Å². The molecule has 86 valence electrons. The van der Waals surface area contributed by atoms with Gasteiger partial charge in [-0.3, -0.25) is 4.79 Å². The molecule has 0 aromatic carbocycles. The third-order valence-corrected chi connectivity index (χ3v) is 3.03. The molecular weight excluding hydrogens is 204 g/mol. The molecule has 0 saturated carbocycles. The second-order valence-electron chi connectivity index (χ2n) is 4.13. The number of Topliss-reactive ketones (excluding diaryl/α,β-unsaturated/α-hetero) is 1. The monoisotopic (exact) mass is 220 g/mol. The van der Waals surface area contributed by atoms with E-state index in [1.54, 1.807) is 25.3 Å². The first-order valence-electron chi connectivity index (χ1n) is 5.57. The van der Waals surface area contributed by atoms with E-state index < -0.39 is 0 Å². The minimum Gasteiger partial charge on any atom is -0.394 e. The van der Waals surface area contributed by atoms with Crippen molar-refractivity contribution in [2.45, 2.75) is 25.8 Å². The average molecular weight is 220 g/mol. The maximum absolute atomic E-state index is 11.3. The lowest BCUT2D eigenvalue weighted by atomic mass is 10.2. The number of aromatic nitrogens is 1. The van der Waals surface area contributed by atoms with E-state index >= 15 is 0 Å². The second-order valence-corrected chi connectivity index (χ2v) is 4.13. The third kappa shape index (κ3) is 2.07. The molecule has 4 heteroatoms. The van der Waals surface area contributed by atoms with Crippen LogP contribution in [0.1, 0.15) is 30.1 Å². The van der Waals surface area contributed by atoms with Gasteiger partial charge in [0.25, 0.3) is 0 Å². The Labute approximate surface area is 94.9 Å². The van der Waals surface area contributed by atoms with Crippen LogP contribution >= 0.6 is 0 Å². The number of carbonyl (C=O) groups is 1. The summed E-state index contributed by atoms with van der Waals surface area (Å²) < 4.78 is 0. The quantitative estimate of drug-likeness (QED) is 0.779. The third-order valence-electron chi connectivity index (χ3n) is 3.03. The summed E-state index contributed by atoms with van der Waals surface area (Å²) in [7, 11) is 0. The molecule has 1 fully saturated rings. The van der Waals surface area contributed by atoms with Crippen LogP contribution in [-0.4, -0.2) is 35.1 Å². The topological polar surface area (TPSA) is 53.4 Å². The minimum atomic E-state index is 0.0448. The lowest BCUT2D eigenvalue weighted by molar-refractivity contribution is 0.101. The molecule has 1 aromatic rings. The van der Waals surface area contributed by atoms with E-state index in [0.717, 1.165) is 25.2 Å². The van der Waals surface area contributed by atoms with Gasteiger partial charge in [0.15, 0.2) is 5.78 Å². The number of hydrogen-bond donors (Lipinski definition) is 1. The zero-order chi connectivity index (χ0) is 11.5. The molecule has 2 rings (SSSR count). The van der Waals surface area contributed by atoms with E-state index in [1.165, 1.54) is 0 Å². The summed E-state index contributed by atoms with van der Waals surface area (Å²) in [6.07, 6.45) is 3.71. The van der Waals surface area contributed by atoms with Crippen molar-refractivity contribution in [1.29, 1.82) is 0 Å². The van der Waals surface area contributed by atoms with Crippen LogP contribution in [0.4, 0.5) is 5.82 Å². The first-order chi connectivity index (χ1) is 7.72. The molecule has 1 atom stereocenters. The van der Waals surface area contributed by atoms with Crippen molar-refractivity contribution in [3.8, 4) is 0 Å². The Morgan fingerprint density at radius 1 is 1.69 bits per heavy atom. The normalized spacial score (nSPS) is 20.1. The molecule has 1 aliphatic heterocycles. The van der Waals surface area contributed by atoms with Crippen LogP contribution in [0.25, 0.3) is 0 Å². The summed E-state index contributed by atoms with van der Waals surface area (Å²) in [5.41, 5.74) is 0.675. The Hall–Kier alpha value is -1.42. The maximum Gasteiger partial charge on any atom is 0.159 e. The molecule has 1 N–H and O–H groups in total. The highest BCUT2D eigenvalue weighted by molar-refractivity contribution is 5.94. The van der Waals surface area contributed by atoms with E-state index in [0.29, 0.717) is 5.56 Å². The second kappa shape index (κ2) is 4.61. The molecule has 0 bridgehead atoms. The zero-order valence-corrected chi connectivity index (χ0v) is 9.39. The average Bonchev–Trinajstić information content (AvgIpc) is 2.77. The van der Waals surface area contributed by atoms with Crippen LogP contribution < -0.4 is 4.90 Å². The summed E-state index contributed by atoms with van der Waals surface area (Å²) in [6.45, 7) is 2.60. The first kappa shape index (κ1) is 11.1. The van der Waals surface area contributed by atoms with Gasteiger partial charge in [-0.15, -0.1) is 0 Å². The predicted molar refractivity (Wildman–Crippen MR) is 61.7 cm³/mol. The van der Waals surface area contributed by atoms with Crippen LogP contribution in [0.5, 0.6) is 0 Å². The summed E-state index contributed by atoms with van der Waals surface area (Å²) in [6, 6.07) is 3.67. The van der Waals surface area contributed by atoms with Gasteiger partial charge in [-0.1, -0.05) is 0 Å². The number of hydrogen-bond acceptors (Lipinski definition) is 4. The molecule has 1 aliphatic rings. The van der Waals surface area contributed by atoms with Crippen LogP contribution in [0.15, 0.2) is 18.3 Å². The van der Waals surface area contributed by atoms with Crippen molar-refractivity contribution in [3.05, 3.63) is 23.9 Å². The van der Waals surface area contributed by atoms with Crippen LogP contribution in [0, 0.1) is 0 Å². The van der Waals surface area contributed by atoms with E-state index in [9.17, 15) is 9.90 Å². The molecule has 0 spiro atoms. The molecule has 1 unspecified atom stereocenters. The van der Waals surface area contributed by atoms with E-state index in [2.05, 4.69) is 9.88 Å². The summed E-state index contributed by atoms with van der Waals surface area (Å²) in [5.74, 6) is 0.840. The highest BCUT2D eigenvalue weighted by Crippen LogP contribution is 2.24. The Morgan fingerprint density at radius 3 is 3.19 bits per heavy atom. The number of aliphatic hydroxyl groups excluding tert-OH is 1. The number of rotatable bonds is 3. The van der Waals surface area contributed by atoms with E-state index in [-0.39, 0.29) is 18.4 Å². The van der Waals surface area contributed by atoms with Gasteiger partial charge in [-0.05, 0) is 31.9 Å². The molecular formula is C12H16N2O2. The molecule has 16 heavy (non-hydrogen) atoms. The fourth-order valence-corrected chi connectivity index (χ4v) is 2.12. The molecule has 0 aliphatic carbocycles. The lowest BCUT2D eigenvalue weighted by Gasteiger charge is -2.24. The number of ketones is 1. The van der Waals surface area contributed by atoms with Crippen LogP contribution in [0.2, 0.25) is 0 Å². The SMILES string of the molecule is CC(=O)c1ccnc(N2CCCC2CO)c1. The fraction of sp³-hybridized carbons (Fsp3) is 0.500. The molecule has 0 radical (unpaired) electrons. The van der Waals surface area contributed by atoms with E-state index in [1.807, 2.05) is 0 Å². The van der Waals surface area contributed by atoms with Crippen molar-refractivity contribution >= 4 is 11.6 Å². The molecule has 1 saturated heterocycles. The Balaban J connectivity index is 2.26. The lowest BCUT2D eigenvalue weighted by Crippen LogP contribution is -2.32. The number of nitrogens with zero attached hydrogens (tertiary/aromatic N) is 2. The van der Waals surface area contributed by atoms with Gasteiger partial charge in [-0.25, -0.2) is 4.98 Å². The molecule has 2 heterocycles. The number of aliphatic hydroxyl groups is 1. The standard InChI is InChI=1S/C12H16N2O2/c1-9(16)10-4-5-13-12(7-10)14-6-2-3-11(14)8-15/h4-5,7,11,15H,2-3,6,8H2,1H3. The fourth-order valence-electron chi connectivity index (χ4n) is 2.12. The van der Waals surface area contributed by atoms with Gasteiger partial charge >= 0.3 is 0 Å². The van der Waals surface area contributed by atoms with Crippen molar-refractivity contribution in [3.63, 3.8) is 0 Å². The van der Waals surface area contributed by atoms with Crippen molar-refractivity contribution < 1.29 is 9.90 Å². The number of anilines is 1. The predicted octanol–water partition coefficient (Wildman–Crippen LogP) is 1.25. The smallest absolute Gasteiger partial charge is 0.159 e. The number of carbonyl (C=O) groups excluding carboxylic acids is 1. The van der Waals surface area contributed by atoms with Crippen molar-refractivity contribution in [2.24, 2.45) is 0 Å². The van der Waals surface area contributed by atoms with Gasteiger partial charge < -0.3 is 10.0 Å². The molecule has 1 aromatic heterocycles. The largest absolute Gasteiger partial charge is 0.394 e. The Bertz CT molecular complexity index is 392. The van der Waals surface area contributed by atoms with Gasteiger partial charge in [0.2, 0.25) is 0 Å². The molecule has 4 nitrogen and oxygen atoms in total. The highest BCUT2D eigenvalue weighted by atomic mass is 16.3. The summed E-state index contributed by atoms with van der Waals surface area (Å²) >= 11 is 0. The van der Waals surface area contributed by atoms with Crippen LogP contribution in [-0.2, 0) is 0 Å². The molecule has 0 amide bonds. The summed E-state index contributed by atoms with van der Waals surface area (Å²) in [4.78, 5) is 17.6. The van der Waals surface area contributed by atoms with Crippen molar-refractivity contribution in [2.75, 3.05) is 18.1 Å². The Kier molecular flexibility index (Phi) is 3.19. The van der Waals surface area contributed by atoms with Gasteiger partial charge in [0, 0.05) is 18.3 Å². The first-order valence-corrected chi connectivity index (χ1v) is 5.57. The highest BCUT2D eigenvalue weighted by Gasteiger charge is 2.24. The van der Waals surface area contributed by atoms with Gasteiger partial charge in [0.05, 0.1) is 12.6 Å². The summed E-state index contributed by atoms with van der Waals surface area (Å²) in [5, 5.41) is 9.24.